The van der Waals surface area contributed by atoms with Crippen LogP contribution in [-0.2, 0) is 14.8 Å². The average Bonchev–Trinajstić information content (AvgIpc) is 2.64. The third-order valence-electron chi connectivity index (χ3n) is 5.23. The Morgan fingerprint density at radius 2 is 1.86 bits per heavy atom. The number of sulfonamides is 1. The summed E-state index contributed by atoms with van der Waals surface area (Å²) in [4.78, 5) is 12.0. The van der Waals surface area contributed by atoms with E-state index in [1.165, 1.54) is 13.5 Å². The van der Waals surface area contributed by atoms with Gasteiger partial charge in [0.1, 0.15) is 5.82 Å². The van der Waals surface area contributed by atoms with Crippen molar-refractivity contribution in [2.75, 3.05) is 13.6 Å². The highest BCUT2D eigenvalue weighted by Crippen LogP contribution is 2.29. The molecular weight excluding hydrogens is 403 g/mol. The lowest BCUT2D eigenvalue weighted by Crippen LogP contribution is -2.54. The van der Waals surface area contributed by atoms with Crippen LogP contribution >= 0.6 is 12.2 Å². The fraction of sp³-hybridized carbons (Fsp3) is 0.556. The Kier molecular flexibility index (Phi) is 7.73. The summed E-state index contributed by atoms with van der Waals surface area (Å²) in [7, 11) is -2.62. The van der Waals surface area contributed by atoms with Crippen molar-refractivity contribution < 1.29 is 17.6 Å². The van der Waals surface area contributed by atoms with Gasteiger partial charge >= 0.3 is 0 Å². The SMILES string of the molecule is CC1CCCC(NC(=S)NNC(=O)CN(C)S(=O)(=O)c2ccc(F)cc2)C1C. The molecule has 3 atom stereocenters. The third kappa shape index (κ3) is 5.86. The van der Waals surface area contributed by atoms with Crippen molar-refractivity contribution in [2.24, 2.45) is 11.8 Å². The number of carbonyl (C=O) groups is 1. The number of amides is 1. The minimum atomic E-state index is -3.90. The third-order valence-corrected chi connectivity index (χ3v) is 7.26. The Hall–Kier alpha value is -1.78. The summed E-state index contributed by atoms with van der Waals surface area (Å²) in [5.74, 6) is -0.0289. The van der Waals surface area contributed by atoms with Crippen molar-refractivity contribution in [1.29, 1.82) is 0 Å². The second kappa shape index (κ2) is 9.62. The predicted octanol–water partition coefficient (Wildman–Crippen LogP) is 1.77. The molecule has 0 aliphatic heterocycles. The van der Waals surface area contributed by atoms with Gasteiger partial charge in [-0.25, -0.2) is 12.8 Å². The molecule has 3 N–H and O–H groups in total. The second-order valence-electron chi connectivity index (χ2n) is 7.24. The molecule has 3 unspecified atom stereocenters. The molecule has 0 bridgehead atoms. The highest BCUT2D eigenvalue weighted by Gasteiger charge is 2.27. The van der Waals surface area contributed by atoms with Crippen molar-refractivity contribution in [3.63, 3.8) is 0 Å². The van der Waals surface area contributed by atoms with Crippen molar-refractivity contribution >= 4 is 33.3 Å². The molecule has 1 fully saturated rings. The summed E-state index contributed by atoms with van der Waals surface area (Å²) in [6.07, 6.45) is 3.34. The molecule has 156 valence electrons. The molecule has 0 saturated heterocycles. The standard InChI is InChI=1S/C18H27FN4O3S2/c1-12-5-4-6-16(13(12)2)20-18(27)22-21-17(24)11-23(3)28(25,26)15-9-7-14(19)8-10-15/h7-10,12-13,16H,4-6,11H2,1-3H3,(H,21,24)(H2,20,22,27). The minimum Gasteiger partial charge on any atom is -0.358 e. The van der Waals surface area contributed by atoms with E-state index < -0.39 is 28.3 Å². The van der Waals surface area contributed by atoms with Crippen LogP contribution in [0.1, 0.15) is 33.1 Å². The summed E-state index contributed by atoms with van der Waals surface area (Å²) in [6.45, 7) is 3.98. The predicted molar refractivity (Wildman–Crippen MR) is 109 cm³/mol. The van der Waals surface area contributed by atoms with Gasteiger partial charge in [-0.05, 0) is 54.7 Å². The Bertz CT molecular complexity index is 802. The zero-order valence-electron chi connectivity index (χ0n) is 16.2. The molecule has 1 aliphatic carbocycles. The highest BCUT2D eigenvalue weighted by molar-refractivity contribution is 7.89. The average molecular weight is 431 g/mol. The van der Waals surface area contributed by atoms with Gasteiger partial charge in [-0.2, -0.15) is 4.31 Å². The van der Waals surface area contributed by atoms with Gasteiger partial charge in [-0.3, -0.25) is 15.6 Å². The van der Waals surface area contributed by atoms with Gasteiger partial charge in [-0.15, -0.1) is 0 Å². The van der Waals surface area contributed by atoms with Crippen LogP contribution in [0, 0.1) is 17.7 Å². The molecule has 1 aromatic carbocycles. The molecule has 0 heterocycles. The van der Waals surface area contributed by atoms with Crippen LogP contribution in [0.4, 0.5) is 4.39 Å². The van der Waals surface area contributed by atoms with E-state index in [2.05, 4.69) is 30.0 Å². The molecule has 10 heteroatoms. The first-order chi connectivity index (χ1) is 13.1. The monoisotopic (exact) mass is 430 g/mol. The van der Waals surface area contributed by atoms with Crippen molar-refractivity contribution in [3.05, 3.63) is 30.1 Å². The molecule has 0 aromatic heterocycles. The van der Waals surface area contributed by atoms with E-state index in [1.807, 2.05) is 0 Å². The number of benzene rings is 1. The fourth-order valence-corrected chi connectivity index (χ4v) is 4.56. The fourth-order valence-electron chi connectivity index (χ4n) is 3.23. The van der Waals surface area contributed by atoms with Gasteiger partial charge < -0.3 is 5.32 Å². The lowest BCUT2D eigenvalue weighted by atomic mass is 9.78. The Morgan fingerprint density at radius 1 is 1.21 bits per heavy atom. The molecule has 1 saturated carbocycles. The first-order valence-corrected chi connectivity index (χ1v) is 11.0. The molecule has 1 aromatic rings. The number of hydrazine groups is 1. The van der Waals surface area contributed by atoms with E-state index in [0.717, 1.165) is 41.4 Å². The van der Waals surface area contributed by atoms with Crippen LogP contribution < -0.4 is 16.2 Å². The number of hydrogen-bond donors (Lipinski definition) is 3. The molecule has 28 heavy (non-hydrogen) atoms. The van der Waals surface area contributed by atoms with Gasteiger partial charge in [-0.1, -0.05) is 26.7 Å². The zero-order chi connectivity index (χ0) is 20.9. The van der Waals surface area contributed by atoms with Crippen LogP contribution in [0.3, 0.4) is 0 Å². The van der Waals surface area contributed by atoms with Crippen LogP contribution in [0.5, 0.6) is 0 Å². The lowest BCUT2D eigenvalue weighted by Gasteiger charge is -2.35. The van der Waals surface area contributed by atoms with Crippen LogP contribution in [0.25, 0.3) is 0 Å². The maximum atomic E-state index is 13.0. The Balaban J connectivity index is 1.82. The summed E-state index contributed by atoms with van der Waals surface area (Å²) in [6, 6.07) is 4.66. The largest absolute Gasteiger partial charge is 0.358 e. The van der Waals surface area contributed by atoms with Crippen molar-refractivity contribution in [2.45, 2.75) is 44.0 Å². The maximum Gasteiger partial charge on any atom is 0.253 e. The quantitative estimate of drug-likeness (QED) is 0.487. The number of likely N-dealkylation sites (N-methyl/N-ethyl adjacent to an activating group) is 1. The van der Waals surface area contributed by atoms with Crippen molar-refractivity contribution in [3.8, 4) is 0 Å². The molecule has 0 radical (unpaired) electrons. The Labute approximate surface area is 171 Å². The van der Waals surface area contributed by atoms with E-state index >= 15 is 0 Å². The van der Waals surface area contributed by atoms with Crippen LogP contribution in [-0.4, -0.2) is 43.4 Å². The number of carbonyl (C=O) groups excluding carboxylic acids is 1. The summed E-state index contributed by atoms with van der Waals surface area (Å²) >= 11 is 5.22. The molecule has 1 aliphatic rings. The second-order valence-corrected chi connectivity index (χ2v) is 9.69. The topological polar surface area (TPSA) is 90.5 Å². The summed E-state index contributed by atoms with van der Waals surface area (Å²) in [5.41, 5.74) is 5.02. The summed E-state index contributed by atoms with van der Waals surface area (Å²) < 4.78 is 38.7. The molecular formula is C18H27FN4O3S2. The zero-order valence-corrected chi connectivity index (χ0v) is 17.9. The van der Waals surface area contributed by atoms with Gasteiger partial charge in [0.25, 0.3) is 5.91 Å². The van der Waals surface area contributed by atoms with Crippen LogP contribution in [0.2, 0.25) is 0 Å². The van der Waals surface area contributed by atoms with Crippen LogP contribution in [0.15, 0.2) is 29.2 Å². The van der Waals surface area contributed by atoms with E-state index in [0.29, 0.717) is 16.9 Å². The number of thiocarbonyl (C=S) groups is 1. The number of nitrogens with one attached hydrogen (secondary N) is 3. The molecule has 7 nitrogen and oxygen atoms in total. The van der Waals surface area contributed by atoms with E-state index in [4.69, 9.17) is 12.2 Å². The van der Waals surface area contributed by atoms with E-state index in [-0.39, 0.29) is 10.9 Å². The van der Waals surface area contributed by atoms with Crippen molar-refractivity contribution in [1.82, 2.24) is 20.5 Å². The Morgan fingerprint density at radius 3 is 2.50 bits per heavy atom. The van der Waals surface area contributed by atoms with Gasteiger partial charge in [0.2, 0.25) is 10.0 Å². The number of halogens is 1. The number of rotatable bonds is 5. The molecule has 0 spiro atoms. The van der Waals surface area contributed by atoms with E-state index in [1.54, 1.807) is 0 Å². The van der Waals surface area contributed by atoms with Gasteiger partial charge in [0.05, 0.1) is 11.4 Å². The molecule has 2 rings (SSSR count). The number of nitrogens with zero attached hydrogens (tertiary/aromatic N) is 1. The smallest absolute Gasteiger partial charge is 0.253 e. The first kappa shape index (κ1) is 22.5. The van der Waals surface area contributed by atoms with Gasteiger partial charge in [0, 0.05) is 13.1 Å². The normalized spacial score (nSPS) is 22.5. The molecule has 1 amide bonds. The first-order valence-electron chi connectivity index (χ1n) is 9.18. The summed E-state index contributed by atoms with van der Waals surface area (Å²) in [5, 5.41) is 3.50. The van der Waals surface area contributed by atoms with Gasteiger partial charge in [0.15, 0.2) is 5.11 Å². The highest BCUT2D eigenvalue weighted by atomic mass is 32.2. The number of hydrogen-bond acceptors (Lipinski definition) is 4. The lowest BCUT2D eigenvalue weighted by molar-refractivity contribution is -0.121. The maximum absolute atomic E-state index is 13.0. The van der Waals surface area contributed by atoms with E-state index in [9.17, 15) is 17.6 Å². The minimum absolute atomic E-state index is 0.0882.